The average Bonchev–Trinajstić information content (AvgIpc) is 3.50. The number of carbonyl (C=O) groups is 3. The third-order valence-electron chi connectivity index (χ3n) is 4.60. The number of para-hydroxylation sites is 1. The molecule has 1 N–H and O–H groups in total. The molecular weight excluding hydrogens is 422 g/mol. The minimum atomic E-state index is -0.679. The van der Waals surface area contributed by atoms with E-state index in [-0.39, 0.29) is 46.5 Å². The fraction of sp³-hybridized carbons (Fsp3) is 0.0952. The van der Waals surface area contributed by atoms with Gasteiger partial charge in [0.15, 0.2) is 0 Å². The fourth-order valence-corrected chi connectivity index (χ4v) is 3.10. The molecule has 0 radical (unpaired) electrons. The molecule has 1 fully saturated rings. The molecule has 1 saturated heterocycles. The summed E-state index contributed by atoms with van der Waals surface area (Å²) in [5.74, 6) is -0.690. The summed E-state index contributed by atoms with van der Waals surface area (Å²) >= 11 is 0. The molecule has 3 heterocycles. The molecule has 0 unspecified atom stereocenters. The van der Waals surface area contributed by atoms with Gasteiger partial charge in [0.1, 0.15) is 23.0 Å². The first-order valence-corrected chi connectivity index (χ1v) is 9.22. The van der Waals surface area contributed by atoms with E-state index >= 15 is 0 Å². The van der Waals surface area contributed by atoms with Crippen LogP contribution in [0.25, 0.3) is 17.4 Å². The zero-order valence-electron chi connectivity index (χ0n) is 16.6. The Labute approximate surface area is 180 Å². The Morgan fingerprint density at radius 1 is 1.16 bits per heavy atom. The predicted molar refractivity (Wildman–Crippen MR) is 108 cm³/mol. The molecule has 3 amide bonds. The van der Waals surface area contributed by atoms with E-state index in [0.717, 1.165) is 4.90 Å². The van der Waals surface area contributed by atoms with E-state index in [1.807, 2.05) is 0 Å². The van der Waals surface area contributed by atoms with Crippen molar-refractivity contribution in [1.29, 1.82) is 0 Å². The second-order valence-corrected chi connectivity index (χ2v) is 6.61. The maximum absolute atomic E-state index is 12.7. The summed E-state index contributed by atoms with van der Waals surface area (Å²) in [6, 6.07) is 11.3. The number of furan rings is 2. The molecule has 162 valence electrons. The standard InChI is InChI=1S/C21H15N3O8/c1-30-20(26)18-9-7-13(32-18)11-23-19(25)15(22-21(23)27)10-12-6-8-17(31-12)14-4-2-3-5-16(14)24(28)29/h2-10H,11H2,1H3,(H,22,27). The van der Waals surface area contributed by atoms with Gasteiger partial charge in [-0.25, -0.2) is 9.59 Å². The summed E-state index contributed by atoms with van der Waals surface area (Å²) in [5.41, 5.74) is 0.116. The first-order chi connectivity index (χ1) is 15.4. The number of nitro groups is 1. The molecule has 0 aliphatic carbocycles. The highest BCUT2D eigenvalue weighted by Crippen LogP contribution is 2.31. The van der Waals surface area contributed by atoms with E-state index in [4.69, 9.17) is 8.83 Å². The van der Waals surface area contributed by atoms with E-state index in [0.29, 0.717) is 0 Å². The smallest absolute Gasteiger partial charge is 0.373 e. The summed E-state index contributed by atoms with van der Waals surface area (Å²) in [7, 11) is 1.20. The number of imide groups is 1. The van der Waals surface area contributed by atoms with Crippen LogP contribution in [0.15, 0.2) is 63.1 Å². The lowest BCUT2D eigenvalue weighted by atomic mass is 10.1. The molecule has 0 saturated carbocycles. The average molecular weight is 437 g/mol. The molecule has 0 spiro atoms. The van der Waals surface area contributed by atoms with Gasteiger partial charge in [-0.3, -0.25) is 19.8 Å². The number of rotatable bonds is 6. The highest BCUT2D eigenvalue weighted by Gasteiger charge is 2.34. The number of amides is 3. The highest BCUT2D eigenvalue weighted by atomic mass is 16.6. The van der Waals surface area contributed by atoms with Crippen LogP contribution in [0, 0.1) is 10.1 Å². The van der Waals surface area contributed by atoms with Crippen molar-refractivity contribution in [3.63, 3.8) is 0 Å². The number of urea groups is 1. The molecule has 32 heavy (non-hydrogen) atoms. The van der Waals surface area contributed by atoms with Gasteiger partial charge < -0.3 is 18.9 Å². The van der Waals surface area contributed by atoms with Gasteiger partial charge in [0, 0.05) is 12.1 Å². The molecule has 11 heteroatoms. The minimum absolute atomic E-state index is 0.0433. The van der Waals surface area contributed by atoms with Gasteiger partial charge in [-0.05, 0) is 30.3 Å². The van der Waals surface area contributed by atoms with Crippen LogP contribution >= 0.6 is 0 Å². The largest absolute Gasteiger partial charge is 0.463 e. The Kier molecular flexibility index (Phi) is 5.29. The van der Waals surface area contributed by atoms with Crippen molar-refractivity contribution in [3.05, 3.63) is 81.6 Å². The van der Waals surface area contributed by atoms with Gasteiger partial charge >= 0.3 is 12.0 Å². The van der Waals surface area contributed by atoms with E-state index < -0.39 is 22.8 Å². The zero-order valence-corrected chi connectivity index (χ0v) is 16.6. The Morgan fingerprint density at radius 3 is 2.69 bits per heavy atom. The first-order valence-electron chi connectivity index (χ1n) is 9.22. The summed E-state index contributed by atoms with van der Waals surface area (Å²) in [6.45, 7) is -0.196. The second-order valence-electron chi connectivity index (χ2n) is 6.61. The van der Waals surface area contributed by atoms with E-state index in [1.165, 1.54) is 43.5 Å². The molecule has 0 atom stereocenters. The Morgan fingerprint density at radius 2 is 1.94 bits per heavy atom. The number of ether oxygens (including phenoxy) is 1. The van der Waals surface area contributed by atoms with Gasteiger partial charge in [0.05, 0.1) is 24.1 Å². The molecule has 3 aromatic rings. The number of nitrogens with one attached hydrogen (secondary N) is 1. The summed E-state index contributed by atoms with van der Waals surface area (Å²) in [5, 5.41) is 13.7. The summed E-state index contributed by atoms with van der Waals surface area (Å²) in [4.78, 5) is 48.0. The van der Waals surface area contributed by atoms with Crippen molar-refractivity contribution in [3.8, 4) is 11.3 Å². The van der Waals surface area contributed by atoms with Crippen LogP contribution in [0.4, 0.5) is 10.5 Å². The lowest BCUT2D eigenvalue weighted by molar-refractivity contribution is -0.384. The van der Waals surface area contributed by atoms with Crippen molar-refractivity contribution in [2.75, 3.05) is 7.11 Å². The Balaban J connectivity index is 1.53. The number of hydrogen-bond donors (Lipinski definition) is 1. The quantitative estimate of drug-likeness (QED) is 0.203. The number of hydrogen-bond acceptors (Lipinski definition) is 8. The van der Waals surface area contributed by atoms with Crippen LogP contribution < -0.4 is 5.32 Å². The molecule has 0 bridgehead atoms. The predicted octanol–water partition coefficient (Wildman–Crippen LogP) is 3.33. The first kappa shape index (κ1) is 20.6. The molecule has 11 nitrogen and oxygen atoms in total. The monoisotopic (exact) mass is 437 g/mol. The van der Waals surface area contributed by atoms with Crippen molar-refractivity contribution in [2.24, 2.45) is 0 Å². The zero-order chi connectivity index (χ0) is 22.8. The fourth-order valence-electron chi connectivity index (χ4n) is 3.10. The van der Waals surface area contributed by atoms with Gasteiger partial charge in [-0.15, -0.1) is 0 Å². The number of esters is 1. The molecule has 1 aliphatic heterocycles. The molecule has 1 aliphatic rings. The highest BCUT2D eigenvalue weighted by molar-refractivity contribution is 6.13. The summed E-state index contributed by atoms with van der Waals surface area (Å²) in [6.07, 6.45) is 1.32. The van der Waals surface area contributed by atoms with Crippen LogP contribution in [-0.2, 0) is 16.1 Å². The number of nitrogens with zero attached hydrogens (tertiary/aromatic N) is 2. The van der Waals surface area contributed by atoms with E-state index in [2.05, 4.69) is 10.1 Å². The summed E-state index contributed by atoms with van der Waals surface area (Å²) < 4.78 is 15.5. The van der Waals surface area contributed by atoms with Gasteiger partial charge in [0.25, 0.3) is 11.6 Å². The number of methoxy groups -OCH3 is 1. The second kappa shape index (κ2) is 8.22. The van der Waals surface area contributed by atoms with Crippen LogP contribution in [0.5, 0.6) is 0 Å². The lowest BCUT2D eigenvalue weighted by Crippen LogP contribution is -2.30. The topological polar surface area (TPSA) is 145 Å². The third kappa shape index (κ3) is 3.86. The lowest BCUT2D eigenvalue weighted by Gasteiger charge is -2.09. The van der Waals surface area contributed by atoms with Crippen molar-refractivity contribution in [1.82, 2.24) is 10.2 Å². The van der Waals surface area contributed by atoms with Gasteiger partial charge in [-0.1, -0.05) is 12.1 Å². The van der Waals surface area contributed by atoms with E-state index in [1.54, 1.807) is 18.2 Å². The van der Waals surface area contributed by atoms with Crippen molar-refractivity contribution >= 4 is 29.7 Å². The maximum atomic E-state index is 12.7. The SMILES string of the molecule is COC(=O)c1ccc(CN2C(=O)NC(=Cc3ccc(-c4ccccc4[N+](=O)[O-])o3)C2=O)o1. The molecule has 1 aromatic carbocycles. The Hall–Kier alpha value is -4.67. The number of nitro benzene ring substituents is 1. The normalized spacial score (nSPS) is 14.7. The van der Waals surface area contributed by atoms with Crippen LogP contribution in [0.2, 0.25) is 0 Å². The van der Waals surface area contributed by atoms with Crippen LogP contribution in [0.1, 0.15) is 22.1 Å². The number of benzene rings is 1. The Bertz CT molecular complexity index is 1270. The van der Waals surface area contributed by atoms with Gasteiger partial charge in [-0.2, -0.15) is 0 Å². The van der Waals surface area contributed by atoms with Crippen molar-refractivity contribution in [2.45, 2.75) is 6.54 Å². The van der Waals surface area contributed by atoms with Crippen LogP contribution in [-0.4, -0.2) is 34.8 Å². The van der Waals surface area contributed by atoms with Crippen LogP contribution in [0.3, 0.4) is 0 Å². The molecule has 2 aromatic heterocycles. The van der Waals surface area contributed by atoms with Gasteiger partial charge in [0.2, 0.25) is 5.76 Å². The molecular formula is C21H15N3O8. The minimum Gasteiger partial charge on any atom is -0.463 e. The van der Waals surface area contributed by atoms with E-state index in [9.17, 15) is 24.5 Å². The maximum Gasteiger partial charge on any atom is 0.373 e. The molecule has 4 rings (SSSR count). The third-order valence-corrected chi connectivity index (χ3v) is 4.60. The number of carbonyl (C=O) groups excluding carboxylic acids is 3. The van der Waals surface area contributed by atoms with Crippen molar-refractivity contribution < 1.29 is 32.9 Å².